The van der Waals surface area contributed by atoms with Gasteiger partial charge in [-0.15, -0.1) is 0 Å². The zero-order valence-corrected chi connectivity index (χ0v) is 12.2. The fraction of sp³-hybridized carbons (Fsp3) is 0.467. The quantitative estimate of drug-likeness (QED) is 0.874. The number of piperidine rings is 1. The standard InChI is InChI=1S/C15H16F3N3O2/c16-15(17,18)14(23)4-6-21(7-5-14)13(22)20-10-12-3-1-2-11(8-12)9-19/h1-3,8,23H,4-7,10H2,(H,20,22). The van der Waals surface area contributed by atoms with Gasteiger partial charge in [-0.05, 0) is 17.7 Å². The molecule has 1 heterocycles. The highest BCUT2D eigenvalue weighted by Crippen LogP contribution is 2.38. The number of aliphatic hydroxyl groups is 1. The molecule has 23 heavy (non-hydrogen) atoms. The summed E-state index contributed by atoms with van der Waals surface area (Å²) < 4.78 is 38.1. The number of likely N-dealkylation sites (tertiary alicyclic amines) is 1. The summed E-state index contributed by atoms with van der Waals surface area (Å²) in [6, 6.07) is 8.17. The van der Waals surface area contributed by atoms with Crippen molar-refractivity contribution in [3.63, 3.8) is 0 Å². The molecule has 124 valence electrons. The highest BCUT2D eigenvalue weighted by molar-refractivity contribution is 5.74. The van der Waals surface area contributed by atoms with Crippen molar-refractivity contribution >= 4 is 6.03 Å². The minimum atomic E-state index is -4.69. The van der Waals surface area contributed by atoms with E-state index >= 15 is 0 Å². The van der Waals surface area contributed by atoms with Crippen molar-refractivity contribution in [2.45, 2.75) is 31.2 Å². The van der Waals surface area contributed by atoms with E-state index in [1.807, 2.05) is 6.07 Å². The Bertz CT molecular complexity index is 617. The number of urea groups is 1. The first kappa shape index (κ1) is 17.1. The van der Waals surface area contributed by atoms with Crippen LogP contribution in [0.1, 0.15) is 24.0 Å². The summed E-state index contributed by atoms with van der Waals surface area (Å²) in [7, 11) is 0. The molecule has 0 spiro atoms. The lowest BCUT2D eigenvalue weighted by atomic mass is 9.91. The molecular weight excluding hydrogens is 311 g/mol. The summed E-state index contributed by atoms with van der Waals surface area (Å²) in [5.74, 6) is 0. The predicted molar refractivity (Wildman–Crippen MR) is 75.2 cm³/mol. The Kier molecular flexibility index (Phi) is 4.80. The Hall–Kier alpha value is -2.27. The maximum Gasteiger partial charge on any atom is 0.417 e. The van der Waals surface area contributed by atoms with Crippen LogP contribution in [0.2, 0.25) is 0 Å². The van der Waals surface area contributed by atoms with E-state index in [9.17, 15) is 23.1 Å². The maximum absolute atomic E-state index is 12.7. The summed E-state index contributed by atoms with van der Waals surface area (Å²) in [6.07, 6.45) is -5.75. The summed E-state index contributed by atoms with van der Waals surface area (Å²) in [4.78, 5) is 13.2. The third-order valence-electron chi connectivity index (χ3n) is 3.91. The number of nitrogens with one attached hydrogen (secondary N) is 1. The number of nitrogens with zero attached hydrogens (tertiary/aromatic N) is 2. The largest absolute Gasteiger partial charge is 0.417 e. The lowest BCUT2D eigenvalue weighted by molar-refractivity contribution is -0.271. The summed E-state index contributed by atoms with van der Waals surface area (Å²) >= 11 is 0. The smallest absolute Gasteiger partial charge is 0.380 e. The van der Waals surface area contributed by atoms with Gasteiger partial charge in [0.15, 0.2) is 5.60 Å². The molecule has 1 aliphatic rings. The third kappa shape index (κ3) is 3.93. The molecule has 2 amide bonds. The van der Waals surface area contributed by atoms with E-state index in [1.54, 1.807) is 24.3 Å². The third-order valence-corrected chi connectivity index (χ3v) is 3.91. The van der Waals surface area contributed by atoms with Crippen molar-refractivity contribution in [2.24, 2.45) is 0 Å². The van der Waals surface area contributed by atoms with Crippen LogP contribution in [0.4, 0.5) is 18.0 Å². The number of carbonyl (C=O) groups is 1. The molecule has 1 aromatic rings. The first-order valence-corrected chi connectivity index (χ1v) is 7.06. The molecule has 0 saturated carbocycles. The van der Waals surface area contributed by atoms with Crippen LogP contribution in [-0.2, 0) is 6.54 Å². The molecule has 1 fully saturated rings. The summed E-state index contributed by atoms with van der Waals surface area (Å²) in [6.45, 7) is -0.158. The predicted octanol–water partition coefficient (Wildman–Crippen LogP) is 2.16. The molecule has 1 saturated heterocycles. The van der Waals surface area contributed by atoms with Gasteiger partial charge >= 0.3 is 12.2 Å². The highest BCUT2D eigenvalue weighted by atomic mass is 19.4. The summed E-state index contributed by atoms with van der Waals surface area (Å²) in [5, 5.41) is 21.0. The van der Waals surface area contributed by atoms with Gasteiger partial charge in [-0.25, -0.2) is 4.79 Å². The Morgan fingerprint density at radius 1 is 1.39 bits per heavy atom. The number of alkyl halides is 3. The Balaban J connectivity index is 1.87. The number of hydrogen-bond donors (Lipinski definition) is 2. The van der Waals surface area contributed by atoms with Gasteiger partial charge < -0.3 is 15.3 Å². The van der Waals surface area contributed by atoms with Crippen LogP contribution in [0.5, 0.6) is 0 Å². The van der Waals surface area contributed by atoms with Crippen LogP contribution in [0.3, 0.4) is 0 Å². The van der Waals surface area contributed by atoms with Gasteiger partial charge in [0, 0.05) is 32.5 Å². The Labute approximate surface area is 131 Å². The number of nitriles is 1. The first-order valence-electron chi connectivity index (χ1n) is 7.06. The van der Waals surface area contributed by atoms with E-state index in [4.69, 9.17) is 5.26 Å². The number of rotatable bonds is 2. The van der Waals surface area contributed by atoms with Gasteiger partial charge in [-0.2, -0.15) is 18.4 Å². The SMILES string of the molecule is N#Cc1cccc(CNC(=O)N2CCC(O)(C(F)(F)F)CC2)c1. The average Bonchev–Trinajstić information content (AvgIpc) is 2.52. The van der Waals surface area contributed by atoms with Gasteiger partial charge in [0.25, 0.3) is 0 Å². The number of amides is 2. The molecule has 0 atom stereocenters. The summed E-state index contributed by atoms with van der Waals surface area (Å²) in [5.41, 5.74) is -1.53. The zero-order valence-electron chi connectivity index (χ0n) is 12.2. The van der Waals surface area contributed by atoms with Crippen molar-refractivity contribution in [3.8, 4) is 6.07 Å². The van der Waals surface area contributed by atoms with E-state index in [-0.39, 0.29) is 19.6 Å². The lowest BCUT2D eigenvalue weighted by Crippen LogP contribution is -2.55. The van der Waals surface area contributed by atoms with Crippen molar-refractivity contribution < 1.29 is 23.1 Å². The second-order valence-electron chi connectivity index (χ2n) is 5.49. The van der Waals surface area contributed by atoms with Crippen LogP contribution in [0, 0.1) is 11.3 Å². The van der Waals surface area contributed by atoms with Gasteiger partial charge in [-0.1, -0.05) is 12.1 Å². The topological polar surface area (TPSA) is 76.4 Å². The molecule has 1 aromatic carbocycles. The molecule has 2 N–H and O–H groups in total. The maximum atomic E-state index is 12.7. The number of carbonyl (C=O) groups excluding carboxylic acids is 1. The van der Waals surface area contributed by atoms with Gasteiger partial charge in [0.1, 0.15) is 0 Å². The molecule has 8 heteroatoms. The van der Waals surface area contributed by atoms with Crippen LogP contribution in [-0.4, -0.2) is 40.9 Å². The molecule has 0 radical (unpaired) electrons. The molecule has 0 aliphatic carbocycles. The lowest BCUT2D eigenvalue weighted by Gasteiger charge is -2.39. The minimum absolute atomic E-state index is 0.167. The van der Waals surface area contributed by atoms with Gasteiger partial charge in [0.05, 0.1) is 11.6 Å². The van der Waals surface area contributed by atoms with Gasteiger partial charge in [-0.3, -0.25) is 0 Å². The number of benzene rings is 1. The highest BCUT2D eigenvalue weighted by Gasteiger charge is 2.54. The molecule has 0 bridgehead atoms. The monoisotopic (exact) mass is 327 g/mol. The van der Waals surface area contributed by atoms with Crippen LogP contribution in [0.25, 0.3) is 0 Å². The normalized spacial score (nSPS) is 17.4. The number of hydrogen-bond acceptors (Lipinski definition) is 3. The van der Waals surface area contributed by atoms with Crippen molar-refractivity contribution in [3.05, 3.63) is 35.4 Å². The van der Waals surface area contributed by atoms with E-state index in [2.05, 4.69) is 5.32 Å². The molecule has 1 aliphatic heterocycles. The second kappa shape index (κ2) is 6.46. The van der Waals surface area contributed by atoms with E-state index in [1.165, 1.54) is 4.90 Å². The average molecular weight is 327 g/mol. The van der Waals surface area contributed by atoms with Crippen LogP contribution in [0.15, 0.2) is 24.3 Å². The van der Waals surface area contributed by atoms with Crippen LogP contribution >= 0.6 is 0 Å². The fourth-order valence-electron chi connectivity index (χ4n) is 2.40. The van der Waals surface area contributed by atoms with Crippen LogP contribution < -0.4 is 5.32 Å². The van der Waals surface area contributed by atoms with E-state index in [0.29, 0.717) is 5.56 Å². The molecule has 2 rings (SSSR count). The molecule has 0 unspecified atom stereocenters. The molecule has 0 aromatic heterocycles. The van der Waals surface area contributed by atoms with Crippen molar-refractivity contribution in [1.29, 1.82) is 5.26 Å². The van der Waals surface area contributed by atoms with Crippen molar-refractivity contribution in [2.75, 3.05) is 13.1 Å². The fourth-order valence-corrected chi connectivity index (χ4v) is 2.40. The van der Waals surface area contributed by atoms with Crippen molar-refractivity contribution in [1.82, 2.24) is 10.2 Å². The Morgan fingerprint density at radius 3 is 2.61 bits per heavy atom. The molecule has 5 nitrogen and oxygen atoms in total. The molecular formula is C15H16F3N3O2. The van der Waals surface area contributed by atoms with Gasteiger partial charge in [0.2, 0.25) is 0 Å². The second-order valence-corrected chi connectivity index (χ2v) is 5.49. The van der Waals surface area contributed by atoms with E-state index in [0.717, 1.165) is 5.56 Å². The Morgan fingerprint density at radius 2 is 2.04 bits per heavy atom. The first-order chi connectivity index (χ1) is 10.7. The zero-order chi connectivity index (χ0) is 17.1. The number of halogens is 3. The minimum Gasteiger partial charge on any atom is -0.380 e. The van der Waals surface area contributed by atoms with E-state index < -0.39 is 30.7 Å².